The predicted octanol–water partition coefficient (Wildman–Crippen LogP) is 3.59. The third kappa shape index (κ3) is 3.38. The first-order valence-electron chi connectivity index (χ1n) is 5.86. The lowest BCUT2D eigenvalue weighted by Crippen LogP contribution is -1.92. The second kappa shape index (κ2) is 5.48. The molecular formula is C14H15NO3S. The number of carboxylic acid groups (broad SMARTS) is 1. The van der Waals surface area contributed by atoms with Gasteiger partial charge in [0, 0.05) is 17.0 Å². The molecule has 0 aromatic carbocycles. The summed E-state index contributed by atoms with van der Waals surface area (Å²) in [5, 5.41) is 9.81. The highest BCUT2D eigenvalue weighted by Crippen LogP contribution is 2.25. The summed E-state index contributed by atoms with van der Waals surface area (Å²) in [5.41, 5.74) is 3.05. The van der Waals surface area contributed by atoms with Gasteiger partial charge in [-0.15, -0.1) is 11.8 Å². The predicted molar refractivity (Wildman–Crippen MR) is 73.7 cm³/mol. The van der Waals surface area contributed by atoms with Crippen molar-refractivity contribution in [3.05, 3.63) is 46.5 Å². The van der Waals surface area contributed by atoms with Crippen molar-refractivity contribution in [3.8, 4) is 0 Å². The van der Waals surface area contributed by atoms with Crippen LogP contribution < -0.4 is 0 Å². The number of aryl methyl sites for hydroxylation is 3. The van der Waals surface area contributed by atoms with Crippen LogP contribution in [0.25, 0.3) is 0 Å². The molecule has 0 fully saturated rings. The Hall–Kier alpha value is -1.75. The van der Waals surface area contributed by atoms with Crippen molar-refractivity contribution in [2.24, 2.45) is 0 Å². The van der Waals surface area contributed by atoms with Gasteiger partial charge in [-0.25, -0.2) is 9.78 Å². The summed E-state index contributed by atoms with van der Waals surface area (Å²) in [5.74, 6) is 0.248. The summed E-state index contributed by atoms with van der Waals surface area (Å²) >= 11 is 1.58. The van der Waals surface area contributed by atoms with Crippen molar-refractivity contribution in [1.29, 1.82) is 0 Å². The van der Waals surface area contributed by atoms with E-state index in [1.54, 1.807) is 24.8 Å². The Morgan fingerprint density at radius 1 is 1.32 bits per heavy atom. The number of nitrogens with zero attached hydrogens (tertiary/aromatic N) is 1. The van der Waals surface area contributed by atoms with E-state index in [0.717, 1.165) is 16.3 Å². The maximum atomic E-state index is 10.8. The Bertz CT molecular complexity index is 599. The minimum Gasteiger partial charge on any atom is -0.475 e. The minimum atomic E-state index is -1.04. The molecule has 0 atom stereocenters. The normalized spacial score (nSPS) is 10.7. The Kier molecular flexibility index (Phi) is 3.95. The number of hydrogen-bond donors (Lipinski definition) is 1. The fourth-order valence-electron chi connectivity index (χ4n) is 1.80. The fraction of sp³-hybridized carbons (Fsp3) is 0.286. The van der Waals surface area contributed by atoms with E-state index in [9.17, 15) is 4.79 Å². The molecule has 0 bridgehead atoms. The summed E-state index contributed by atoms with van der Waals surface area (Å²) in [7, 11) is 0. The molecule has 2 aromatic heterocycles. The second-order valence-corrected chi connectivity index (χ2v) is 5.41. The monoisotopic (exact) mass is 277 g/mol. The van der Waals surface area contributed by atoms with Gasteiger partial charge in [-0.3, -0.25) is 0 Å². The molecule has 19 heavy (non-hydrogen) atoms. The molecule has 2 heterocycles. The number of pyridine rings is 1. The molecule has 2 aromatic rings. The van der Waals surface area contributed by atoms with Gasteiger partial charge in [0.1, 0.15) is 5.76 Å². The first kappa shape index (κ1) is 13.7. The molecule has 0 saturated carbocycles. The standard InChI is InChI=1S/C14H15NO3S/c1-8-4-9(2)15-13(5-8)19-7-11-6-12(14(16)17)18-10(11)3/h4-6H,7H2,1-3H3,(H,16,17). The molecule has 0 spiro atoms. The SMILES string of the molecule is Cc1cc(C)nc(SCc2cc(C(=O)O)oc2C)c1. The number of aromatic carboxylic acids is 1. The molecule has 0 amide bonds. The van der Waals surface area contributed by atoms with Gasteiger partial charge in [-0.1, -0.05) is 0 Å². The van der Waals surface area contributed by atoms with Gasteiger partial charge in [-0.05, 0) is 44.5 Å². The van der Waals surface area contributed by atoms with Crippen LogP contribution in [0, 0.1) is 20.8 Å². The van der Waals surface area contributed by atoms with Gasteiger partial charge < -0.3 is 9.52 Å². The molecule has 0 aliphatic carbocycles. The average Bonchev–Trinajstić information content (AvgIpc) is 2.67. The second-order valence-electron chi connectivity index (χ2n) is 4.41. The topological polar surface area (TPSA) is 63.3 Å². The van der Waals surface area contributed by atoms with E-state index >= 15 is 0 Å². The van der Waals surface area contributed by atoms with Gasteiger partial charge in [0.2, 0.25) is 5.76 Å². The van der Waals surface area contributed by atoms with Crippen LogP contribution >= 0.6 is 11.8 Å². The minimum absolute atomic E-state index is 0.0125. The average molecular weight is 277 g/mol. The van der Waals surface area contributed by atoms with Gasteiger partial charge in [0.25, 0.3) is 0 Å². The van der Waals surface area contributed by atoms with Gasteiger partial charge >= 0.3 is 5.97 Å². The molecule has 0 aliphatic rings. The Morgan fingerprint density at radius 3 is 2.63 bits per heavy atom. The summed E-state index contributed by atoms with van der Waals surface area (Å²) in [6.45, 7) is 5.77. The van der Waals surface area contributed by atoms with E-state index in [-0.39, 0.29) is 5.76 Å². The zero-order valence-corrected chi connectivity index (χ0v) is 11.9. The van der Waals surface area contributed by atoms with Gasteiger partial charge in [-0.2, -0.15) is 0 Å². The number of furan rings is 1. The summed E-state index contributed by atoms with van der Waals surface area (Å²) < 4.78 is 5.18. The first-order chi connectivity index (χ1) is 8.95. The van der Waals surface area contributed by atoms with Crippen LogP contribution in [-0.4, -0.2) is 16.1 Å². The maximum Gasteiger partial charge on any atom is 0.371 e. The Labute approximate surface area is 115 Å². The number of thioether (sulfide) groups is 1. The molecule has 100 valence electrons. The highest BCUT2D eigenvalue weighted by molar-refractivity contribution is 7.98. The lowest BCUT2D eigenvalue weighted by Gasteiger charge is -2.03. The van der Waals surface area contributed by atoms with Crippen LogP contribution in [-0.2, 0) is 5.75 Å². The third-order valence-corrected chi connectivity index (χ3v) is 3.64. The Balaban J connectivity index is 2.12. The zero-order valence-electron chi connectivity index (χ0n) is 11.1. The zero-order chi connectivity index (χ0) is 14.0. The number of carbonyl (C=O) groups is 1. The molecule has 0 radical (unpaired) electrons. The third-order valence-electron chi connectivity index (χ3n) is 2.68. The lowest BCUT2D eigenvalue weighted by molar-refractivity contribution is 0.0661. The Morgan fingerprint density at radius 2 is 2.05 bits per heavy atom. The van der Waals surface area contributed by atoms with Crippen LogP contribution in [0.3, 0.4) is 0 Å². The molecule has 5 heteroatoms. The van der Waals surface area contributed by atoms with E-state index in [4.69, 9.17) is 9.52 Å². The molecular weight excluding hydrogens is 262 g/mol. The van der Waals surface area contributed by atoms with Crippen molar-refractivity contribution in [1.82, 2.24) is 4.98 Å². The molecule has 0 aliphatic heterocycles. The van der Waals surface area contributed by atoms with Crippen LogP contribution in [0.1, 0.15) is 33.1 Å². The van der Waals surface area contributed by atoms with Crippen molar-refractivity contribution in [2.45, 2.75) is 31.6 Å². The van der Waals surface area contributed by atoms with Crippen LogP contribution in [0.15, 0.2) is 27.6 Å². The van der Waals surface area contributed by atoms with Crippen molar-refractivity contribution >= 4 is 17.7 Å². The number of carboxylic acids is 1. The lowest BCUT2D eigenvalue weighted by atomic mass is 10.3. The van der Waals surface area contributed by atoms with Crippen LogP contribution in [0.4, 0.5) is 0 Å². The highest BCUT2D eigenvalue weighted by atomic mass is 32.2. The van der Waals surface area contributed by atoms with Crippen molar-refractivity contribution < 1.29 is 14.3 Å². The number of rotatable bonds is 4. The van der Waals surface area contributed by atoms with Crippen molar-refractivity contribution in [3.63, 3.8) is 0 Å². The van der Waals surface area contributed by atoms with E-state index in [1.807, 2.05) is 26.0 Å². The summed E-state index contributed by atoms with van der Waals surface area (Å²) in [6.07, 6.45) is 0. The quantitative estimate of drug-likeness (QED) is 0.865. The smallest absolute Gasteiger partial charge is 0.371 e. The summed E-state index contributed by atoms with van der Waals surface area (Å²) in [4.78, 5) is 15.3. The van der Waals surface area contributed by atoms with E-state index < -0.39 is 5.97 Å². The first-order valence-corrected chi connectivity index (χ1v) is 6.85. The fourth-order valence-corrected chi connectivity index (χ4v) is 2.87. The molecule has 1 N–H and O–H groups in total. The van der Waals surface area contributed by atoms with E-state index in [0.29, 0.717) is 11.5 Å². The van der Waals surface area contributed by atoms with Gasteiger partial charge in [0.15, 0.2) is 0 Å². The molecule has 0 saturated heterocycles. The number of hydrogen-bond acceptors (Lipinski definition) is 4. The summed E-state index contributed by atoms with van der Waals surface area (Å²) in [6, 6.07) is 5.62. The van der Waals surface area contributed by atoms with Crippen molar-refractivity contribution in [2.75, 3.05) is 0 Å². The largest absolute Gasteiger partial charge is 0.475 e. The van der Waals surface area contributed by atoms with E-state index in [2.05, 4.69) is 4.98 Å². The van der Waals surface area contributed by atoms with Gasteiger partial charge in [0.05, 0.1) is 5.03 Å². The molecule has 4 nitrogen and oxygen atoms in total. The number of aromatic nitrogens is 1. The van der Waals surface area contributed by atoms with Crippen LogP contribution in [0.2, 0.25) is 0 Å². The highest BCUT2D eigenvalue weighted by Gasteiger charge is 2.13. The molecule has 2 rings (SSSR count). The molecule has 0 unspecified atom stereocenters. The van der Waals surface area contributed by atoms with E-state index in [1.165, 1.54) is 5.56 Å². The van der Waals surface area contributed by atoms with Crippen LogP contribution in [0.5, 0.6) is 0 Å². The maximum absolute atomic E-state index is 10.8.